The van der Waals surface area contributed by atoms with Crippen LogP contribution in [-0.2, 0) is 0 Å². The van der Waals surface area contributed by atoms with Gasteiger partial charge in [-0.25, -0.2) is 0 Å². The summed E-state index contributed by atoms with van der Waals surface area (Å²) >= 11 is 3.66. The lowest BCUT2D eigenvalue weighted by Crippen LogP contribution is -1.92. The van der Waals surface area contributed by atoms with Crippen molar-refractivity contribution in [2.24, 2.45) is 0 Å². The summed E-state index contributed by atoms with van der Waals surface area (Å²) in [6, 6.07) is 67.2. The van der Waals surface area contributed by atoms with Gasteiger partial charge in [-0.3, -0.25) is 0 Å². The fourth-order valence-electron chi connectivity index (χ4n) is 8.19. The highest BCUT2D eigenvalue weighted by Gasteiger charge is 2.15. The van der Waals surface area contributed by atoms with Gasteiger partial charge in [-0.05, 0) is 126 Å². The minimum Gasteiger partial charge on any atom is -0.309 e. The molecule has 3 heteroatoms. The van der Waals surface area contributed by atoms with Crippen molar-refractivity contribution >= 4 is 76.8 Å². The van der Waals surface area contributed by atoms with Crippen molar-refractivity contribution in [2.45, 2.75) is 0 Å². The number of aromatic nitrogens is 1. The van der Waals surface area contributed by atoms with Gasteiger partial charge < -0.3 is 4.57 Å². The summed E-state index contributed by atoms with van der Waals surface area (Å²) in [7, 11) is 0. The van der Waals surface area contributed by atoms with Gasteiger partial charge in [-0.2, -0.15) is 0 Å². The standard InChI is InChI=1S/C50H31NS2/c1-2-9-37(10-3-1)51-46-14-7-6-13-42(46)45-31-36(22-25-47(45)51)35-21-24-41-40-23-20-34(29-43(40)38-11-4-5-12-39(38)44(41)30-35)32-16-18-33(19-17-32)48-26-27-50(53-48)49-15-8-28-52-49/h1-31H. The Morgan fingerprint density at radius 1 is 0.302 bits per heavy atom. The maximum atomic E-state index is 2.40. The van der Waals surface area contributed by atoms with E-state index in [0.717, 1.165) is 0 Å². The molecule has 0 spiro atoms. The van der Waals surface area contributed by atoms with Crippen LogP contribution in [0.25, 0.3) is 102 Å². The van der Waals surface area contributed by atoms with Gasteiger partial charge in [0.15, 0.2) is 0 Å². The van der Waals surface area contributed by atoms with Gasteiger partial charge >= 0.3 is 0 Å². The molecule has 0 aliphatic rings. The number of rotatable bonds is 5. The maximum Gasteiger partial charge on any atom is 0.0541 e. The van der Waals surface area contributed by atoms with E-state index in [2.05, 4.69) is 192 Å². The fourth-order valence-corrected chi connectivity index (χ4v) is 10.0. The molecule has 248 valence electrons. The van der Waals surface area contributed by atoms with Crippen molar-refractivity contribution in [2.75, 3.05) is 0 Å². The number of para-hydroxylation sites is 2. The molecular formula is C50H31NS2. The molecule has 0 unspecified atom stereocenters. The maximum absolute atomic E-state index is 2.40. The highest BCUT2D eigenvalue weighted by molar-refractivity contribution is 7.23. The smallest absolute Gasteiger partial charge is 0.0541 e. The Morgan fingerprint density at radius 2 is 0.830 bits per heavy atom. The van der Waals surface area contributed by atoms with Crippen molar-refractivity contribution in [3.05, 3.63) is 187 Å². The van der Waals surface area contributed by atoms with Crippen LogP contribution in [0.5, 0.6) is 0 Å². The number of benzene rings is 8. The van der Waals surface area contributed by atoms with Crippen LogP contribution in [0, 0.1) is 0 Å². The molecule has 0 bridgehead atoms. The first-order valence-corrected chi connectivity index (χ1v) is 19.7. The molecule has 11 rings (SSSR count). The normalized spacial score (nSPS) is 11.8. The second kappa shape index (κ2) is 12.2. The van der Waals surface area contributed by atoms with E-state index in [1.165, 1.54) is 102 Å². The van der Waals surface area contributed by atoms with E-state index in [0.29, 0.717) is 0 Å². The minimum atomic E-state index is 1.18. The Kier molecular flexibility index (Phi) is 6.97. The number of fused-ring (bicyclic) bond motifs is 9. The van der Waals surface area contributed by atoms with Gasteiger partial charge in [-0.15, -0.1) is 22.7 Å². The van der Waals surface area contributed by atoms with Crippen LogP contribution in [0.1, 0.15) is 0 Å². The molecule has 0 radical (unpaired) electrons. The monoisotopic (exact) mass is 709 g/mol. The minimum absolute atomic E-state index is 1.18. The Bertz CT molecular complexity index is 3130. The zero-order valence-electron chi connectivity index (χ0n) is 28.7. The van der Waals surface area contributed by atoms with Gasteiger partial charge in [0, 0.05) is 31.1 Å². The largest absolute Gasteiger partial charge is 0.309 e. The third kappa shape index (κ3) is 4.97. The molecule has 3 heterocycles. The summed E-state index contributed by atoms with van der Waals surface area (Å²) in [6.45, 7) is 0. The molecular weight excluding hydrogens is 679 g/mol. The van der Waals surface area contributed by atoms with E-state index >= 15 is 0 Å². The summed E-state index contributed by atoms with van der Waals surface area (Å²) in [4.78, 5) is 3.96. The highest BCUT2D eigenvalue weighted by atomic mass is 32.1. The quantitative estimate of drug-likeness (QED) is 0.157. The molecule has 0 atom stereocenters. The van der Waals surface area contributed by atoms with Crippen LogP contribution >= 0.6 is 22.7 Å². The summed E-state index contributed by atoms with van der Waals surface area (Å²) in [6.07, 6.45) is 0. The lowest BCUT2D eigenvalue weighted by atomic mass is 9.90. The molecule has 0 N–H and O–H groups in total. The van der Waals surface area contributed by atoms with Gasteiger partial charge in [0.1, 0.15) is 0 Å². The third-order valence-corrected chi connectivity index (χ3v) is 12.9. The highest BCUT2D eigenvalue weighted by Crippen LogP contribution is 2.41. The molecule has 0 aliphatic heterocycles. The van der Waals surface area contributed by atoms with E-state index in [1.54, 1.807) is 11.3 Å². The lowest BCUT2D eigenvalue weighted by Gasteiger charge is -2.14. The molecule has 8 aromatic carbocycles. The first-order chi connectivity index (χ1) is 26.3. The fraction of sp³-hybridized carbons (Fsp3) is 0. The third-order valence-electron chi connectivity index (χ3n) is 10.7. The summed E-state index contributed by atoms with van der Waals surface area (Å²) in [5, 5.41) is 12.4. The molecule has 3 aromatic heterocycles. The topological polar surface area (TPSA) is 4.93 Å². The van der Waals surface area contributed by atoms with Gasteiger partial charge in [0.2, 0.25) is 0 Å². The molecule has 0 aliphatic carbocycles. The number of hydrogen-bond acceptors (Lipinski definition) is 2. The Labute approximate surface area is 315 Å². The molecule has 0 saturated carbocycles. The molecule has 0 amide bonds. The van der Waals surface area contributed by atoms with Gasteiger partial charge in [-0.1, -0.05) is 121 Å². The van der Waals surface area contributed by atoms with Gasteiger partial charge in [0.25, 0.3) is 0 Å². The van der Waals surface area contributed by atoms with E-state index in [-0.39, 0.29) is 0 Å². The van der Waals surface area contributed by atoms with E-state index in [4.69, 9.17) is 0 Å². The summed E-state index contributed by atoms with van der Waals surface area (Å²) < 4.78 is 2.38. The van der Waals surface area contributed by atoms with Crippen molar-refractivity contribution in [1.82, 2.24) is 4.57 Å². The van der Waals surface area contributed by atoms with E-state index in [1.807, 2.05) is 11.3 Å². The van der Waals surface area contributed by atoms with Crippen molar-refractivity contribution < 1.29 is 0 Å². The summed E-state index contributed by atoms with van der Waals surface area (Å²) in [5.41, 5.74) is 9.80. The lowest BCUT2D eigenvalue weighted by molar-refractivity contribution is 1.18. The number of hydrogen-bond donors (Lipinski definition) is 0. The average molecular weight is 710 g/mol. The van der Waals surface area contributed by atoms with Crippen molar-refractivity contribution in [3.63, 3.8) is 0 Å². The Hall–Kier alpha value is -6.26. The van der Waals surface area contributed by atoms with Crippen LogP contribution < -0.4 is 0 Å². The Balaban J connectivity index is 1.00. The van der Waals surface area contributed by atoms with Crippen LogP contribution in [0.15, 0.2) is 187 Å². The first-order valence-electron chi connectivity index (χ1n) is 18.0. The molecule has 0 saturated heterocycles. The molecule has 53 heavy (non-hydrogen) atoms. The average Bonchev–Trinajstić information content (AvgIpc) is 4.01. The molecule has 1 nitrogen and oxygen atoms in total. The second-order valence-corrected chi connectivity index (χ2v) is 15.7. The van der Waals surface area contributed by atoms with Crippen molar-refractivity contribution in [1.29, 1.82) is 0 Å². The second-order valence-electron chi connectivity index (χ2n) is 13.7. The molecule has 0 fully saturated rings. The van der Waals surface area contributed by atoms with E-state index < -0.39 is 0 Å². The number of nitrogens with zero attached hydrogens (tertiary/aromatic N) is 1. The number of thiophene rings is 2. The van der Waals surface area contributed by atoms with Crippen molar-refractivity contribution in [3.8, 4) is 48.1 Å². The predicted octanol–water partition coefficient (Wildman–Crippen LogP) is 15.0. The molecule has 11 aromatic rings. The van der Waals surface area contributed by atoms with Crippen LogP contribution in [0.3, 0.4) is 0 Å². The van der Waals surface area contributed by atoms with Crippen LogP contribution in [0.2, 0.25) is 0 Å². The van der Waals surface area contributed by atoms with Crippen LogP contribution in [-0.4, -0.2) is 4.57 Å². The van der Waals surface area contributed by atoms with Gasteiger partial charge in [0.05, 0.1) is 11.0 Å². The zero-order valence-corrected chi connectivity index (χ0v) is 30.3. The first kappa shape index (κ1) is 30.4. The van der Waals surface area contributed by atoms with Crippen LogP contribution in [0.4, 0.5) is 0 Å². The van der Waals surface area contributed by atoms with E-state index in [9.17, 15) is 0 Å². The summed E-state index contributed by atoms with van der Waals surface area (Å²) in [5.74, 6) is 0. The zero-order chi connectivity index (χ0) is 34.9. The predicted molar refractivity (Wildman–Crippen MR) is 231 cm³/mol. The Morgan fingerprint density at radius 3 is 1.53 bits per heavy atom. The SMILES string of the molecule is c1ccc(-n2c3ccccc3c3cc(-c4ccc5c6ccc(-c7ccc(-c8ccc(-c9cccs9)s8)cc7)cc6c6ccccc6c5c4)ccc32)cc1.